The minimum atomic E-state index is -0.585. The summed E-state index contributed by atoms with van der Waals surface area (Å²) in [4.78, 5) is 43.3. The fraction of sp³-hybridized carbons (Fsp3) is 0.133. The molecule has 5 aromatic rings. The van der Waals surface area contributed by atoms with Crippen LogP contribution in [-0.2, 0) is 16.1 Å². The molecule has 2 aromatic carbocycles. The van der Waals surface area contributed by atoms with E-state index in [-0.39, 0.29) is 6.54 Å². The van der Waals surface area contributed by atoms with Crippen LogP contribution in [0.4, 0.5) is 0 Å². The van der Waals surface area contributed by atoms with Gasteiger partial charge in [-0.2, -0.15) is 0 Å². The van der Waals surface area contributed by atoms with Crippen LogP contribution in [0.5, 0.6) is 0 Å². The number of hydrogen-bond acceptors (Lipinski definition) is 9. The maximum atomic E-state index is 12.4. The molecule has 0 aliphatic rings. The minimum Gasteiger partial charge on any atom is -0.359 e. The van der Waals surface area contributed by atoms with E-state index in [1.807, 2.05) is 48.5 Å². The second kappa shape index (κ2) is 11.8. The molecule has 0 saturated carbocycles. The topological polar surface area (TPSA) is 153 Å². The Morgan fingerprint density at radius 1 is 0.925 bits per heavy atom. The van der Waals surface area contributed by atoms with Gasteiger partial charge in [-0.15, -0.1) is 0 Å². The van der Waals surface area contributed by atoms with Crippen LogP contribution in [0.15, 0.2) is 83.6 Å². The second-order valence-electron chi connectivity index (χ2n) is 9.29. The zero-order valence-electron chi connectivity index (χ0n) is 21.6. The van der Waals surface area contributed by atoms with Gasteiger partial charge >= 0.3 is 0 Å². The molecule has 10 nitrogen and oxygen atoms in total. The molecule has 3 aromatic heterocycles. The van der Waals surface area contributed by atoms with Crippen LogP contribution in [0.3, 0.4) is 0 Å². The number of aromatic nitrogens is 3. The van der Waals surface area contributed by atoms with Gasteiger partial charge in [0, 0.05) is 40.9 Å². The van der Waals surface area contributed by atoms with E-state index in [0.717, 1.165) is 34.8 Å². The quantitative estimate of drug-likeness (QED) is 0.105. The second-order valence-corrected chi connectivity index (χ2v) is 9.29. The van der Waals surface area contributed by atoms with Gasteiger partial charge in [0.1, 0.15) is 18.3 Å². The van der Waals surface area contributed by atoms with E-state index in [2.05, 4.69) is 20.9 Å². The highest BCUT2D eigenvalue weighted by atomic mass is 16.5. The Labute approximate surface area is 229 Å². The molecular formula is C30H26N6O4. The number of hydrazine groups is 1. The molecule has 1 amide bonds. The molecule has 200 valence electrons. The summed E-state index contributed by atoms with van der Waals surface area (Å²) in [5.74, 6) is 5.10. The van der Waals surface area contributed by atoms with Gasteiger partial charge in [-0.05, 0) is 23.3 Å². The van der Waals surface area contributed by atoms with Crippen molar-refractivity contribution >= 4 is 29.4 Å². The van der Waals surface area contributed by atoms with Gasteiger partial charge in [-0.1, -0.05) is 60.6 Å². The Morgan fingerprint density at radius 3 is 2.20 bits per heavy atom. The number of benzene rings is 2. The lowest BCUT2D eigenvalue weighted by molar-refractivity contribution is -0.117. The first-order chi connectivity index (χ1) is 19.5. The van der Waals surface area contributed by atoms with Crippen molar-refractivity contribution in [1.29, 1.82) is 0 Å². The summed E-state index contributed by atoms with van der Waals surface area (Å²) in [7, 11) is 0. The maximum Gasteiger partial charge on any atom is 0.265 e. The van der Waals surface area contributed by atoms with E-state index in [1.54, 1.807) is 37.5 Å². The number of nitrogens with two attached hydrogens (primary N) is 1. The van der Waals surface area contributed by atoms with Gasteiger partial charge in [0.25, 0.3) is 5.91 Å². The van der Waals surface area contributed by atoms with E-state index in [0.29, 0.717) is 33.6 Å². The number of fused-ring (bicyclic) bond motifs is 1. The molecule has 5 rings (SSSR count). The van der Waals surface area contributed by atoms with Crippen LogP contribution in [-0.4, -0.2) is 39.6 Å². The smallest absolute Gasteiger partial charge is 0.265 e. The first-order valence-corrected chi connectivity index (χ1v) is 12.6. The molecule has 0 saturated heterocycles. The Kier molecular flexibility index (Phi) is 7.81. The number of nitrogens with zero attached hydrogens (tertiary/aromatic N) is 3. The molecular weight excluding hydrogens is 508 g/mol. The van der Waals surface area contributed by atoms with Crippen molar-refractivity contribution in [1.82, 2.24) is 25.9 Å². The largest absolute Gasteiger partial charge is 0.359 e. The molecule has 4 N–H and O–H groups in total. The third-order valence-electron chi connectivity index (χ3n) is 6.68. The van der Waals surface area contributed by atoms with Crippen molar-refractivity contribution in [2.45, 2.75) is 19.5 Å². The van der Waals surface area contributed by atoms with Crippen LogP contribution in [0, 0.1) is 5.92 Å². The standard InChI is InChI=1S/C30H26N6O4/c1-18(16-37)29(17-38)33-14-23-12-28(36-40-23)22-8-4-20(5-9-22)19-2-6-21(7-3-19)27-13-24(30(39)35-31)25-15-32-11-10-26(25)34-27/h2-13,15-18,29,33H,14,31H2,1H3,(H,35,39). The molecule has 0 fully saturated rings. The number of amides is 1. The molecule has 3 heterocycles. The van der Waals surface area contributed by atoms with E-state index in [9.17, 15) is 14.4 Å². The monoisotopic (exact) mass is 534 g/mol. The van der Waals surface area contributed by atoms with Crippen LogP contribution in [0.2, 0.25) is 0 Å². The molecule has 0 radical (unpaired) electrons. The molecule has 0 aliphatic heterocycles. The summed E-state index contributed by atoms with van der Waals surface area (Å²) in [6.45, 7) is 1.96. The highest BCUT2D eigenvalue weighted by Crippen LogP contribution is 2.29. The number of carbonyl (C=O) groups excluding carboxylic acids is 3. The minimum absolute atomic E-state index is 0.278. The molecule has 10 heteroatoms. The summed E-state index contributed by atoms with van der Waals surface area (Å²) >= 11 is 0. The molecule has 40 heavy (non-hydrogen) atoms. The van der Waals surface area contributed by atoms with Gasteiger partial charge in [0.15, 0.2) is 5.76 Å². The molecule has 0 aliphatic carbocycles. The zero-order valence-corrected chi connectivity index (χ0v) is 21.6. The van der Waals surface area contributed by atoms with Crippen LogP contribution >= 0.6 is 0 Å². The number of carbonyl (C=O) groups is 3. The fourth-order valence-corrected chi connectivity index (χ4v) is 4.34. The maximum absolute atomic E-state index is 12.4. The highest BCUT2D eigenvalue weighted by molar-refractivity contribution is 6.06. The van der Waals surface area contributed by atoms with Crippen molar-refractivity contribution in [3.63, 3.8) is 0 Å². The number of rotatable bonds is 10. The van der Waals surface area contributed by atoms with Crippen LogP contribution < -0.4 is 16.6 Å². The van der Waals surface area contributed by atoms with E-state index < -0.39 is 17.9 Å². The van der Waals surface area contributed by atoms with Gasteiger partial charge in [-0.25, -0.2) is 10.8 Å². The lowest BCUT2D eigenvalue weighted by Gasteiger charge is -2.13. The Hall–Kier alpha value is -5.06. The Morgan fingerprint density at radius 2 is 1.57 bits per heavy atom. The van der Waals surface area contributed by atoms with E-state index >= 15 is 0 Å². The summed E-state index contributed by atoms with van der Waals surface area (Å²) in [6, 6.07) is 20.5. The third kappa shape index (κ3) is 5.53. The Balaban J connectivity index is 1.32. The summed E-state index contributed by atoms with van der Waals surface area (Å²) in [6.07, 6.45) is 4.69. The molecule has 2 atom stereocenters. The average Bonchev–Trinajstić information content (AvgIpc) is 3.49. The normalized spacial score (nSPS) is 12.6. The predicted octanol–water partition coefficient (Wildman–Crippen LogP) is 3.71. The van der Waals surface area contributed by atoms with Crippen molar-refractivity contribution in [3.05, 3.63) is 90.4 Å². The number of aldehydes is 2. The average molecular weight is 535 g/mol. The molecule has 2 unspecified atom stereocenters. The third-order valence-corrected chi connectivity index (χ3v) is 6.68. The van der Waals surface area contributed by atoms with Crippen LogP contribution in [0.25, 0.3) is 44.5 Å². The molecule has 0 spiro atoms. The van der Waals surface area contributed by atoms with Gasteiger partial charge in [0.05, 0.1) is 29.4 Å². The van der Waals surface area contributed by atoms with Gasteiger partial charge in [-0.3, -0.25) is 20.5 Å². The molecule has 0 bridgehead atoms. The van der Waals surface area contributed by atoms with E-state index in [4.69, 9.17) is 15.3 Å². The fourth-order valence-electron chi connectivity index (χ4n) is 4.34. The van der Waals surface area contributed by atoms with Crippen molar-refractivity contribution in [3.8, 4) is 33.6 Å². The van der Waals surface area contributed by atoms with Crippen molar-refractivity contribution in [2.75, 3.05) is 0 Å². The number of nitrogen functional groups attached to an aromatic ring is 1. The van der Waals surface area contributed by atoms with Gasteiger partial charge in [0.2, 0.25) is 0 Å². The van der Waals surface area contributed by atoms with Crippen molar-refractivity contribution in [2.24, 2.45) is 11.8 Å². The first-order valence-electron chi connectivity index (χ1n) is 12.6. The summed E-state index contributed by atoms with van der Waals surface area (Å²) < 4.78 is 5.40. The van der Waals surface area contributed by atoms with E-state index in [1.165, 1.54) is 0 Å². The predicted molar refractivity (Wildman–Crippen MR) is 149 cm³/mol. The van der Waals surface area contributed by atoms with Crippen molar-refractivity contribution < 1.29 is 18.9 Å². The lowest BCUT2D eigenvalue weighted by atomic mass is 9.99. The first kappa shape index (κ1) is 26.5. The lowest BCUT2D eigenvalue weighted by Crippen LogP contribution is -2.36. The summed E-state index contributed by atoms with van der Waals surface area (Å²) in [5, 5.41) is 7.76. The summed E-state index contributed by atoms with van der Waals surface area (Å²) in [5.41, 5.74) is 8.31. The number of pyridine rings is 2. The number of hydrogen-bond donors (Lipinski definition) is 3. The number of nitrogens with one attached hydrogen (secondary N) is 2. The highest BCUT2D eigenvalue weighted by Gasteiger charge is 2.17. The Bertz CT molecular complexity index is 1660. The van der Waals surface area contributed by atoms with Gasteiger partial charge < -0.3 is 14.1 Å². The van der Waals surface area contributed by atoms with Crippen LogP contribution in [0.1, 0.15) is 23.0 Å². The zero-order chi connectivity index (χ0) is 28.1. The SMILES string of the molecule is CC(C=O)C(C=O)NCc1cc(-c2ccc(-c3ccc(-c4cc(C(=O)NN)c5cnccc5n4)cc3)cc2)no1.